The molecule has 1 N–H and O–H groups in total. The van der Waals surface area contributed by atoms with Gasteiger partial charge in [-0.15, -0.1) is 0 Å². The van der Waals surface area contributed by atoms with Crippen LogP contribution in [-0.4, -0.2) is 37.2 Å². The van der Waals surface area contributed by atoms with Gasteiger partial charge in [-0.1, -0.05) is 22.9 Å². The lowest BCUT2D eigenvalue weighted by atomic mass is 10.2. The Labute approximate surface area is 194 Å². The third kappa shape index (κ3) is 4.70. The van der Waals surface area contributed by atoms with Crippen molar-refractivity contribution in [2.75, 3.05) is 36.5 Å². The predicted molar refractivity (Wildman–Crippen MR) is 129 cm³/mol. The van der Waals surface area contributed by atoms with Gasteiger partial charge in [0.25, 0.3) is 0 Å². The van der Waals surface area contributed by atoms with Gasteiger partial charge in [0.05, 0.1) is 23.4 Å². The normalized spacial score (nSPS) is 14.3. The Bertz CT molecular complexity index is 1270. The minimum absolute atomic E-state index is 0.262. The number of carbonyl (C=O) groups excluding carboxylic acids is 1. The number of nitrogens with one attached hydrogen (secondary N) is 1. The maximum absolute atomic E-state index is 12.4. The number of thiazole rings is 1. The molecule has 162 valence electrons. The third-order valence-corrected chi connectivity index (χ3v) is 6.32. The Hall–Kier alpha value is -3.13. The number of benzene rings is 2. The molecule has 32 heavy (non-hydrogen) atoms. The molecule has 2 aromatic carbocycles. The van der Waals surface area contributed by atoms with Crippen molar-refractivity contribution in [2.24, 2.45) is 0 Å². The van der Waals surface area contributed by atoms with Crippen LogP contribution in [0, 0.1) is 0 Å². The van der Waals surface area contributed by atoms with Crippen molar-refractivity contribution in [3.63, 3.8) is 0 Å². The molecule has 0 bridgehead atoms. The lowest BCUT2D eigenvalue weighted by molar-refractivity contribution is -0.111. The molecule has 1 amide bonds. The van der Waals surface area contributed by atoms with E-state index in [1.165, 1.54) is 17.4 Å². The van der Waals surface area contributed by atoms with Crippen LogP contribution in [0.5, 0.6) is 0 Å². The number of anilines is 2. The number of rotatable bonds is 5. The van der Waals surface area contributed by atoms with Crippen LogP contribution in [0.4, 0.5) is 10.8 Å². The quantitative estimate of drug-likeness (QED) is 0.383. The van der Waals surface area contributed by atoms with Crippen LogP contribution >= 0.6 is 22.9 Å². The second-order valence-electron chi connectivity index (χ2n) is 7.30. The Balaban J connectivity index is 1.24. The van der Waals surface area contributed by atoms with Gasteiger partial charge in [0, 0.05) is 35.4 Å². The van der Waals surface area contributed by atoms with Crippen LogP contribution in [0.1, 0.15) is 5.76 Å². The molecule has 3 heterocycles. The summed E-state index contributed by atoms with van der Waals surface area (Å²) < 4.78 is 12.2. The van der Waals surface area contributed by atoms with Crippen molar-refractivity contribution in [1.29, 1.82) is 0 Å². The average molecular weight is 466 g/mol. The minimum atomic E-state index is -0.262. The van der Waals surface area contributed by atoms with Gasteiger partial charge in [0.2, 0.25) is 5.91 Å². The Morgan fingerprint density at radius 2 is 1.91 bits per heavy atom. The van der Waals surface area contributed by atoms with Gasteiger partial charge in [0.1, 0.15) is 11.5 Å². The monoisotopic (exact) mass is 465 g/mol. The maximum atomic E-state index is 12.4. The van der Waals surface area contributed by atoms with Gasteiger partial charge >= 0.3 is 0 Å². The first kappa shape index (κ1) is 20.8. The smallest absolute Gasteiger partial charge is 0.250 e. The van der Waals surface area contributed by atoms with Gasteiger partial charge in [-0.25, -0.2) is 4.98 Å². The first-order valence-corrected chi connectivity index (χ1v) is 11.4. The van der Waals surface area contributed by atoms with E-state index in [0.717, 1.165) is 47.8 Å². The number of aromatic nitrogens is 1. The van der Waals surface area contributed by atoms with Crippen molar-refractivity contribution >= 4 is 56.0 Å². The summed E-state index contributed by atoms with van der Waals surface area (Å²) in [6, 6.07) is 17.2. The number of hydrogen-bond acceptors (Lipinski definition) is 6. The highest BCUT2D eigenvalue weighted by atomic mass is 35.5. The first-order valence-electron chi connectivity index (χ1n) is 10.2. The Kier molecular flexibility index (Phi) is 5.94. The molecular formula is C24H20ClN3O3S. The van der Waals surface area contributed by atoms with Crippen molar-refractivity contribution in [1.82, 2.24) is 4.98 Å². The number of amides is 1. The van der Waals surface area contributed by atoms with Crippen molar-refractivity contribution in [3.8, 4) is 11.3 Å². The van der Waals surface area contributed by atoms with Crippen LogP contribution in [0.15, 0.2) is 65.1 Å². The number of furan rings is 1. The molecule has 1 aliphatic rings. The summed E-state index contributed by atoms with van der Waals surface area (Å²) in [7, 11) is 0. The molecule has 5 rings (SSSR count). The van der Waals surface area contributed by atoms with Crippen LogP contribution in [0.2, 0.25) is 5.02 Å². The summed E-state index contributed by atoms with van der Waals surface area (Å²) in [5.74, 6) is 1.04. The number of halogens is 1. The number of carbonyl (C=O) groups is 1. The highest BCUT2D eigenvalue weighted by Crippen LogP contribution is 2.30. The molecule has 1 saturated heterocycles. The number of fused-ring (bicyclic) bond motifs is 1. The molecule has 6 nitrogen and oxygen atoms in total. The zero-order chi connectivity index (χ0) is 21.9. The number of nitrogens with zero attached hydrogens (tertiary/aromatic N) is 2. The number of hydrogen-bond donors (Lipinski definition) is 1. The molecule has 0 aliphatic carbocycles. The van der Waals surface area contributed by atoms with E-state index < -0.39 is 0 Å². The molecule has 0 saturated carbocycles. The van der Waals surface area contributed by atoms with E-state index in [-0.39, 0.29) is 5.91 Å². The summed E-state index contributed by atoms with van der Waals surface area (Å²) in [5.41, 5.74) is 2.94. The van der Waals surface area contributed by atoms with E-state index in [1.54, 1.807) is 6.08 Å². The highest BCUT2D eigenvalue weighted by Gasteiger charge is 2.13. The summed E-state index contributed by atoms with van der Waals surface area (Å²) in [5, 5.41) is 4.07. The summed E-state index contributed by atoms with van der Waals surface area (Å²) in [6.45, 7) is 3.24. The van der Waals surface area contributed by atoms with E-state index in [2.05, 4.69) is 27.3 Å². The fourth-order valence-electron chi connectivity index (χ4n) is 3.50. The van der Waals surface area contributed by atoms with Crippen molar-refractivity contribution in [2.45, 2.75) is 0 Å². The standard InChI is InChI=1S/C24H20ClN3O3S/c25-17-3-1-16(2-4-17)21-9-6-19(31-21)7-10-23(29)27-24-26-20-8-5-18(15-22(20)32-24)28-11-13-30-14-12-28/h1-10,15H,11-14H2,(H,26,27,29). The Morgan fingerprint density at radius 1 is 1.09 bits per heavy atom. The molecule has 0 spiro atoms. The highest BCUT2D eigenvalue weighted by molar-refractivity contribution is 7.22. The van der Waals surface area contributed by atoms with Gasteiger partial charge < -0.3 is 14.1 Å². The first-order chi connectivity index (χ1) is 15.6. The van der Waals surface area contributed by atoms with Crippen LogP contribution < -0.4 is 10.2 Å². The largest absolute Gasteiger partial charge is 0.457 e. The fraction of sp³-hybridized carbons (Fsp3) is 0.167. The van der Waals surface area contributed by atoms with E-state index in [9.17, 15) is 4.79 Å². The number of ether oxygens (including phenoxy) is 1. The second-order valence-corrected chi connectivity index (χ2v) is 8.77. The molecule has 1 fully saturated rings. The summed E-state index contributed by atoms with van der Waals surface area (Å²) >= 11 is 7.39. The van der Waals surface area contributed by atoms with Gasteiger partial charge in [0.15, 0.2) is 5.13 Å². The van der Waals surface area contributed by atoms with Gasteiger partial charge in [-0.2, -0.15) is 0 Å². The van der Waals surface area contributed by atoms with E-state index in [1.807, 2.05) is 42.5 Å². The zero-order valence-corrected chi connectivity index (χ0v) is 18.7. The van der Waals surface area contributed by atoms with Crippen molar-refractivity contribution in [3.05, 3.63) is 71.5 Å². The molecular weight excluding hydrogens is 446 g/mol. The SMILES string of the molecule is O=C(C=Cc1ccc(-c2ccc(Cl)cc2)o1)Nc1nc2ccc(N3CCOCC3)cc2s1. The predicted octanol–water partition coefficient (Wildman–Crippen LogP) is 5.70. The fourth-order valence-corrected chi connectivity index (χ4v) is 4.53. The van der Waals surface area contributed by atoms with Crippen LogP contribution in [0.25, 0.3) is 27.6 Å². The van der Waals surface area contributed by atoms with Crippen LogP contribution in [-0.2, 0) is 9.53 Å². The summed E-state index contributed by atoms with van der Waals surface area (Å²) in [6.07, 6.45) is 3.08. The third-order valence-electron chi connectivity index (χ3n) is 5.13. The second kappa shape index (κ2) is 9.16. The van der Waals surface area contributed by atoms with E-state index in [4.69, 9.17) is 20.8 Å². The molecule has 1 aliphatic heterocycles. The molecule has 0 atom stereocenters. The van der Waals surface area contributed by atoms with E-state index in [0.29, 0.717) is 21.7 Å². The Morgan fingerprint density at radius 3 is 2.72 bits per heavy atom. The van der Waals surface area contributed by atoms with Crippen LogP contribution in [0.3, 0.4) is 0 Å². The lowest BCUT2D eigenvalue weighted by Gasteiger charge is -2.28. The molecule has 2 aromatic heterocycles. The molecule has 0 unspecified atom stereocenters. The van der Waals surface area contributed by atoms with Gasteiger partial charge in [-0.3, -0.25) is 10.1 Å². The maximum Gasteiger partial charge on any atom is 0.250 e. The molecule has 8 heteroatoms. The average Bonchev–Trinajstić information content (AvgIpc) is 3.45. The minimum Gasteiger partial charge on any atom is -0.457 e. The van der Waals surface area contributed by atoms with E-state index >= 15 is 0 Å². The van der Waals surface area contributed by atoms with Gasteiger partial charge in [-0.05, 0) is 60.7 Å². The zero-order valence-electron chi connectivity index (χ0n) is 17.1. The topological polar surface area (TPSA) is 67.6 Å². The number of morpholine rings is 1. The molecule has 0 radical (unpaired) electrons. The lowest BCUT2D eigenvalue weighted by Crippen LogP contribution is -2.36. The molecule has 4 aromatic rings. The van der Waals surface area contributed by atoms with Crippen molar-refractivity contribution < 1.29 is 13.9 Å². The summed E-state index contributed by atoms with van der Waals surface area (Å²) in [4.78, 5) is 19.2.